The number of guanidine groups is 1. The van der Waals surface area contributed by atoms with E-state index in [2.05, 4.69) is 34.4 Å². The molecule has 0 spiro atoms. The molecule has 0 aromatic carbocycles. The second-order valence-electron chi connectivity index (χ2n) is 8.92. The minimum atomic E-state index is 0.201. The van der Waals surface area contributed by atoms with Crippen LogP contribution in [0.3, 0.4) is 0 Å². The highest BCUT2D eigenvalue weighted by molar-refractivity contribution is 5.80. The second-order valence-corrected chi connectivity index (χ2v) is 8.92. The second kappa shape index (κ2) is 6.49. The Hall–Kier alpha value is -0.810. The molecule has 2 N–H and O–H groups in total. The number of ether oxygens (including phenoxy) is 1. The van der Waals surface area contributed by atoms with Gasteiger partial charge in [-0.2, -0.15) is 0 Å². The van der Waals surface area contributed by atoms with Gasteiger partial charge in [0.25, 0.3) is 0 Å². The van der Waals surface area contributed by atoms with E-state index >= 15 is 0 Å². The van der Waals surface area contributed by atoms with Crippen LogP contribution in [0.15, 0.2) is 4.99 Å². The van der Waals surface area contributed by atoms with Crippen molar-refractivity contribution in [2.24, 2.45) is 22.2 Å². The molecule has 5 heteroatoms. The average molecular weight is 335 g/mol. The van der Waals surface area contributed by atoms with Gasteiger partial charge in [0.2, 0.25) is 0 Å². The summed E-state index contributed by atoms with van der Waals surface area (Å²) in [5.41, 5.74) is 0.201. The largest absolute Gasteiger partial charge is 0.377 e. The third kappa shape index (κ3) is 3.17. The fourth-order valence-electron chi connectivity index (χ4n) is 5.05. The summed E-state index contributed by atoms with van der Waals surface area (Å²) < 4.78 is 5.91. The normalized spacial score (nSPS) is 37.0. The summed E-state index contributed by atoms with van der Waals surface area (Å²) in [4.78, 5) is 7.16. The highest BCUT2D eigenvalue weighted by atomic mass is 16.5. The number of likely N-dealkylation sites (tertiary alicyclic amines) is 1. The Balaban J connectivity index is 1.26. The topological polar surface area (TPSA) is 48.9 Å². The lowest BCUT2D eigenvalue weighted by Gasteiger charge is -2.55. The van der Waals surface area contributed by atoms with Gasteiger partial charge in [-0.1, -0.05) is 13.8 Å². The molecular formula is C19H34N4O. The monoisotopic (exact) mass is 334 g/mol. The first-order valence-electron chi connectivity index (χ1n) is 9.91. The van der Waals surface area contributed by atoms with Gasteiger partial charge < -0.3 is 20.3 Å². The van der Waals surface area contributed by atoms with E-state index in [0.29, 0.717) is 24.1 Å². The third-order valence-electron chi connectivity index (χ3n) is 6.76. The van der Waals surface area contributed by atoms with Crippen LogP contribution >= 0.6 is 0 Å². The van der Waals surface area contributed by atoms with Crippen molar-refractivity contribution in [3.05, 3.63) is 0 Å². The van der Waals surface area contributed by atoms with Crippen molar-refractivity contribution in [1.82, 2.24) is 15.5 Å². The predicted octanol–water partition coefficient (Wildman–Crippen LogP) is 1.84. The van der Waals surface area contributed by atoms with Crippen LogP contribution in [-0.2, 0) is 4.74 Å². The van der Waals surface area contributed by atoms with Crippen molar-refractivity contribution >= 4 is 5.96 Å². The van der Waals surface area contributed by atoms with E-state index in [9.17, 15) is 0 Å². The molecule has 2 aliphatic carbocycles. The van der Waals surface area contributed by atoms with Crippen molar-refractivity contribution in [3.8, 4) is 0 Å². The SMILES string of the molecule is CN=C(NC1CCN(CC2CC2)CC1)NC1C2CCOC2C1(C)C. The molecule has 4 rings (SSSR count). The van der Waals surface area contributed by atoms with E-state index in [0.717, 1.165) is 18.5 Å². The first-order chi connectivity index (χ1) is 11.6. The fraction of sp³-hybridized carbons (Fsp3) is 0.947. The molecule has 0 bridgehead atoms. The summed E-state index contributed by atoms with van der Waals surface area (Å²) in [7, 11) is 1.89. The molecule has 3 unspecified atom stereocenters. The van der Waals surface area contributed by atoms with Gasteiger partial charge in [0.05, 0.1) is 6.10 Å². The van der Waals surface area contributed by atoms with Gasteiger partial charge in [-0.3, -0.25) is 4.99 Å². The van der Waals surface area contributed by atoms with Gasteiger partial charge in [0.15, 0.2) is 5.96 Å². The van der Waals surface area contributed by atoms with Crippen LogP contribution in [-0.4, -0.2) is 62.3 Å². The quantitative estimate of drug-likeness (QED) is 0.608. The van der Waals surface area contributed by atoms with Gasteiger partial charge in [0, 0.05) is 56.7 Å². The summed E-state index contributed by atoms with van der Waals surface area (Å²) in [6.45, 7) is 9.36. The standard InChI is InChI=1S/C19H34N4O/c1-19(2)16(15-8-11-24-17(15)19)22-18(20-3)21-14-6-9-23(10-7-14)12-13-4-5-13/h13-17H,4-12H2,1-3H3,(H2,20,21,22). The highest BCUT2D eigenvalue weighted by Gasteiger charge is 2.59. The molecule has 2 saturated carbocycles. The zero-order chi connectivity index (χ0) is 16.7. The van der Waals surface area contributed by atoms with E-state index < -0.39 is 0 Å². The van der Waals surface area contributed by atoms with Crippen LogP contribution in [0, 0.1) is 17.3 Å². The van der Waals surface area contributed by atoms with Crippen LogP contribution in [0.2, 0.25) is 0 Å². The van der Waals surface area contributed by atoms with Crippen molar-refractivity contribution in [3.63, 3.8) is 0 Å². The molecule has 0 radical (unpaired) electrons. The Morgan fingerprint density at radius 1 is 1.12 bits per heavy atom. The molecule has 2 saturated heterocycles. The summed E-state index contributed by atoms with van der Waals surface area (Å²) in [6.07, 6.45) is 6.99. The molecule has 3 atom stereocenters. The Morgan fingerprint density at radius 2 is 1.88 bits per heavy atom. The zero-order valence-corrected chi connectivity index (χ0v) is 15.6. The lowest BCUT2D eigenvalue weighted by atomic mass is 9.57. The molecule has 0 aromatic rings. The van der Waals surface area contributed by atoms with Gasteiger partial charge in [0.1, 0.15) is 0 Å². The maximum Gasteiger partial charge on any atom is 0.191 e. The molecule has 136 valence electrons. The van der Waals surface area contributed by atoms with Crippen molar-refractivity contribution in [2.75, 3.05) is 33.3 Å². The number of fused-ring (bicyclic) bond motifs is 1. The summed E-state index contributed by atoms with van der Waals surface area (Å²) in [5.74, 6) is 2.64. The fourth-order valence-corrected chi connectivity index (χ4v) is 5.05. The van der Waals surface area contributed by atoms with Gasteiger partial charge in [-0.05, 0) is 38.0 Å². The Morgan fingerprint density at radius 3 is 2.54 bits per heavy atom. The van der Waals surface area contributed by atoms with Crippen molar-refractivity contribution < 1.29 is 4.74 Å². The molecular weight excluding hydrogens is 300 g/mol. The first-order valence-corrected chi connectivity index (χ1v) is 9.91. The number of rotatable bonds is 4. The summed E-state index contributed by atoms with van der Waals surface area (Å²) >= 11 is 0. The minimum Gasteiger partial charge on any atom is -0.377 e. The van der Waals surface area contributed by atoms with E-state index in [1.165, 1.54) is 51.7 Å². The lowest BCUT2D eigenvalue weighted by molar-refractivity contribution is -0.106. The summed E-state index contributed by atoms with van der Waals surface area (Å²) in [5, 5.41) is 7.39. The first kappa shape index (κ1) is 16.6. The molecule has 4 fully saturated rings. The Labute approximate surface area is 146 Å². The third-order valence-corrected chi connectivity index (χ3v) is 6.76. The Bertz CT molecular complexity index is 480. The minimum absolute atomic E-state index is 0.201. The van der Waals surface area contributed by atoms with Crippen molar-refractivity contribution in [2.45, 2.75) is 64.1 Å². The van der Waals surface area contributed by atoms with Crippen LogP contribution in [0.1, 0.15) is 46.0 Å². The van der Waals surface area contributed by atoms with E-state index in [1.54, 1.807) is 0 Å². The van der Waals surface area contributed by atoms with Gasteiger partial charge in [-0.25, -0.2) is 0 Å². The zero-order valence-electron chi connectivity index (χ0n) is 15.6. The van der Waals surface area contributed by atoms with Crippen LogP contribution in [0.25, 0.3) is 0 Å². The smallest absolute Gasteiger partial charge is 0.191 e. The molecule has 24 heavy (non-hydrogen) atoms. The molecule has 4 aliphatic rings. The van der Waals surface area contributed by atoms with Crippen LogP contribution < -0.4 is 10.6 Å². The number of nitrogens with one attached hydrogen (secondary N) is 2. The van der Waals surface area contributed by atoms with E-state index in [4.69, 9.17) is 4.74 Å². The van der Waals surface area contributed by atoms with Crippen LogP contribution in [0.4, 0.5) is 0 Å². The number of piperidine rings is 1. The number of aliphatic imine (C=N–C) groups is 1. The molecule has 0 amide bonds. The average Bonchev–Trinajstić information content (AvgIpc) is 3.27. The van der Waals surface area contributed by atoms with Gasteiger partial charge >= 0.3 is 0 Å². The summed E-state index contributed by atoms with van der Waals surface area (Å²) in [6, 6.07) is 1.04. The maximum atomic E-state index is 5.91. The Kier molecular flexibility index (Phi) is 4.50. The molecule has 2 heterocycles. The molecule has 0 aromatic heterocycles. The molecule has 2 aliphatic heterocycles. The van der Waals surface area contributed by atoms with Crippen LogP contribution in [0.5, 0.6) is 0 Å². The highest BCUT2D eigenvalue weighted by Crippen LogP contribution is 2.52. The maximum absolute atomic E-state index is 5.91. The van der Waals surface area contributed by atoms with E-state index in [1.807, 2.05) is 7.05 Å². The number of hydrogen-bond acceptors (Lipinski definition) is 3. The number of nitrogens with zero attached hydrogens (tertiary/aromatic N) is 2. The number of hydrogen-bond donors (Lipinski definition) is 2. The van der Waals surface area contributed by atoms with E-state index in [-0.39, 0.29) is 5.41 Å². The lowest BCUT2D eigenvalue weighted by Crippen LogP contribution is -2.68. The van der Waals surface area contributed by atoms with Gasteiger partial charge in [-0.15, -0.1) is 0 Å². The van der Waals surface area contributed by atoms with Crippen molar-refractivity contribution in [1.29, 1.82) is 0 Å². The molecule has 5 nitrogen and oxygen atoms in total. The predicted molar refractivity (Wildman–Crippen MR) is 97.2 cm³/mol.